The molecule has 3 nitrogen and oxygen atoms in total. The molecule has 0 aromatic rings. The highest BCUT2D eigenvalue weighted by Crippen LogP contribution is 2.04. The molecule has 0 unspecified atom stereocenters. The molecule has 0 aromatic carbocycles. The SMILES string of the molecule is CCN(CCCNC(C)C)CC(C)(C)O. The van der Waals surface area contributed by atoms with E-state index >= 15 is 0 Å². The number of hydrogen-bond acceptors (Lipinski definition) is 3. The Morgan fingerprint density at radius 2 is 1.93 bits per heavy atom. The van der Waals surface area contributed by atoms with Crippen LogP contribution in [0.3, 0.4) is 0 Å². The Balaban J connectivity index is 3.62. The summed E-state index contributed by atoms with van der Waals surface area (Å²) >= 11 is 0. The van der Waals surface area contributed by atoms with E-state index in [4.69, 9.17) is 0 Å². The van der Waals surface area contributed by atoms with Crippen molar-refractivity contribution in [3.63, 3.8) is 0 Å². The fourth-order valence-corrected chi connectivity index (χ4v) is 1.59. The van der Waals surface area contributed by atoms with Crippen LogP contribution in [0.4, 0.5) is 0 Å². The lowest BCUT2D eigenvalue weighted by Crippen LogP contribution is -2.39. The van der Waals surface area contributed by atoms with Crippen LogP contribution in [0, 0.1) is 0 Å². The first-order chi connectivity index (χ1) is 6.85. The minimum atomic E-state index is -0.582. The van der Waals surface area contributed by atoms with Gasteiger partial charge in [0.2, 0.25) is 0 Å². The van der Waals surface area contributed by atoms with Gasteiger partial charge in [0.25, 0.3) is 0 Å². The van der Waals surface area contributed by atoms with Crippen LogP contribution in [0.1, 0.15) is 41.0 Å². The molecule has 0 bridgehead atoms. The highest BCUT2D eigenvalue weighted by Gasteiger charge is 2.16. The summed E-state index contributed by atoms with van der Waals surface area (Å²) in [6.45, 7) is 14.1. The summed E-state index contributed by atoms with van der Waals surface area (Å²) in [5, 5.41) is 13.1. The lowest BCUT2D eigenvalue weighted by atomic mass is 10.1. The lowest BCUT2D eigenvalue weighted by molar-refractivity contribution is 0.0375. The minimum absolute atomic E-state index is 0.564. The fourth-order valence-electron chi connectivity index (χ4n) is 1.59. The van der Waals surface area contributed by atoms with Crippen molar-refractivity contribution >= 4 is 0 Å². The number of hydrogen-bond donors (Lipinski definition) is 2. The van der Waals surface area contributed by atoms with Crippen molar-refractivity contribution in [3.05, 3.63) is 0 Å². The van der Waals surface area contributed by atoms with Crippen molar-refractivity contribution in [1.82, 2.24) is 10.2 Å². The smallest absolute Gasteiger partial charge is 0.0718 e. The van der Waals surface area contributed by atoms with Crippen LogP contribution in [-0.4, -0.2) is 47.8 Å². The third kappa shape index (κ3) is 10.2. The topological polar surface area (TPSA) is 35.5 Å². The van der Waals surface area contributed by atoms with Gasteiger partial charge >= 0.3 is 0 Å². The van der Waals surface area contributed by atoms with E-state index in [0.29, 0.717) is 6.04 Å². The van der Waals surface area contributed by atoms with Gasteiger partial charge in [0.1, 0.15) is 0 Å². The third-order valence-corrected chi connectivity index (χ3v) is 2.26. The first kappa shape index (κ1) is 14.9. The standard InChI is InChI=1S/C12H28N2O/c1-6-14(10-12(4,5)15)9-7-8-13-11(2)3/h11,13,15H,6-10H2,1-5H3. The van der Waals surface area contributed by atoms with E-state index in [1.54, 1.807) is 0 Å². The second kappa shape index (κ2) is 7.20. The van der Waals surface area contributed by atoms with Gasteiger partial charge in [-0.2, -0.15) is 0 Å². The molecular formula is C12H28N2O. The molecule has 2 N–H and O–H groups in total. The van der Waals surface area contributed by atoms with Gasteiger partial charge in [0.15, 0.2) is 0 Å². The van der Waals surface area contributed by atoms with Gasteiger partial charge in [0, 0.05) is 12.6 Å². The van der Waals surface area contributed by atoms with E-state index in [1.807, 2.05) is 13.8 Å². The second-order valence-electron chi connectivity index (χ2n) is 5.14. The number of nitrogens with one attached hydrogen (secondary N) is 1. The Morgan fingerprint density at radius 3 is 2.33 bits per heavy atom. The lowest BCUT2D eigenvalue weighted by Gasteiger charge is -2.28. The summed E-state index contributed by atoms with van der Waals surface area (Å²) in [5.41, 5.74) is -0.582. The zero-order valence-corrected chi connectivity index (χ0v) is 11.0. The van der Waals surface area contributed by atoms with Gasteiger partial charge in [-0.05, 0) is 39.9 Å². The van der Waals surface area contributed by atoms with Crippen LogP contribution in [0.15, 0.2) is 0 Å². The van der Waals surface area contributed by atoms with Crippen LogP contribution >= 0.6 is 0 Å². The van der Waals surface area contributed by atoms with Crippen molar-refractivity contribution in [3.8, 4) is 0 Å². The van der Waals surface area contributed by atoms with Crippen molar-refractivity contribution in [2.45, 2.75) is 52.7 Å². The molecule has 0 heterocycles. The van der Waals surface area contributed by atoms with E-state index in [-0.39, 0.29) is 0 Å². The molecule has 3 heteroatoms. The molecule has 92 valence electrons. The monoisotopic (exact) mass is 216 g/mol. The van der Waals surface area contributed by atoms with Gasteiger partial charge < -0.3 is 15.3 Å². The molecule has 0 aliphatic carbocycles. The number of likely N-dealkylation sites (N-methyl/N-ethyl adjacent to an activating group) is 1. The normalized spacial score (nSPS) is 12.8. The van der Waals surface area contributed by atoms with Gasteiger partial charge in [-0.15, -0.1) is 0 Å². The maximum atomic E-state index is 9.71. The third-order valence-electron chi connectivity index (χ3n) is 2.26. The number of nitrogens with zero attached hydrogens (tertiary/aromatic N) is 1. The van der Waals surface area contributed by atoms with Gasteiger partial charge in [-0.25, -0.2) is 0 Å². The summed E-state index contributed by atoms with van der Waals surface area (Å²) in [4.78, 5) is 2.29. The van der Waals surface area contributed by atoms with Crippen LogP contribution in [0.2, 0.25) is 0 Å². The van der Waals surface area contributed by atoms with E-state index in [2.05, 4.69) is 31.0 Å². The summed E-state index contributed by atoms with van der Waals surface area (Å²) in [6, 6.07) is 0.564. The Labute approximate surface area is 94.9 Å². The molecule has 0 fully saturated rings. The molecule has 0 saturated heterocycles. The molecular weight excluding hydrogens is 188 g/mol. The quantitative estimate of drug-likeness (QED) is 0.603. The molecule has 0 atom stereocenters. The predicted molar refractivity (Wildman–Crippen MR) is 66.2 cm³/mol. The van der Waals surface area contributed by atoms with Crippen molar-refractivity contribution in [2.24, 2.45) is 0 Å². The van der Waals surface area contributed by atoms with Crippen LogP contribution in [0.25, 0.3) is 0 Å². The van der Waals surface area contributed by atoms with Crippen LogP contribution in [-0.2, 0) is 0 Å². The molecule has 0 aromatic heterocycles. The molecule has 0 spiro atoms. The zero-order chi connectivity index (χ0) is 11.9. The number of rotatable bonds is 8. The van der Waals surface area contributed by atoms with Crippen LogP contribution in [0.5, 0.6) is 0 Å². The van der Waals surface area contributed by atoms with E-state index in [0.717, 1.165) is 32.6 Å². The summed E-state index contributed by atoms with van der Waals surface area (Å²) in [7, 11) is 0. The molecule has 0 aliphatic heterocycles. The van der Waals surface area contributed by atoms with Crippen molar-refractivity contribution in [1.29, 1.82) is 0 Å². The van der Waals surface area contributed by atoms with E-state index in [1.165, 1.54) is 0 Å². The highest BCUT2D eigenvalue weighted by atomic mass is 16.3. The fraction of sp³-hybridized carbons (Fsp3) is 1.00. The van der Waals surface area contributed by atoms with Gasteiger partial charge in [-0.1, -0.05) is 20.8 Å². The van der Waals surface area contributed by atoms with Crippen molar-refractivity contribution < 1.29 is 5.11 Å². The summed E-state index contributed by atoms with van der Waals surface area (Å²) in [6.07, 6.45) is 1.14. The van der Waals surface area contributed by atoms with Crippen molar-refractivity contribution in [2.75, 3.05) is 26.2 Å². The molecule has 0 rings (SSSR count). The maximum absolute atomic E-state index is 9.71. The first-order valence-corrected chi connectivity index (χ1v) is 6.03. The Bertz CT molecular complexity index is 152. The minimum Gasteiger partial charge on any atom is -0.389 e. The maximum Gasteiger partial charge on any atom is 0.0718 e. The average molecular weight is 216 g/mol. The van der Waals surface area contributed by atoms with Gasteiger partial charge in [0.05, 0.1) is 5.60 Å². The van der Waals surface area contributed by atoms with E-state index < -0.39 is 5.60 Å². The Kier molecular flexibility index (Phi) is 7.14. The largest absolute Gasteiger partial charge is 0.389 e. The Morgan fingerprint density at radius 1 is 1.33 bits per heavy atom. The van der Waals surface area contributed by atoms with Gasteiger partial charge in [-0.3, -0.25) is 0 Å². The summed E-state index contributed by atoms with van der Waals surface area (Å²) in [5.74, 6) is 0. The molecule has 0 radical (unpaired) electrons. The second-order valence-corrected chi connectivity index (χ2v) is 5.14. The molecule has 15 heavy (non-hydrogen) atoms. The summed E-state index contributed by atoms with van der Waals surface area (Å²) < 4.78 is 0. The molecule has 0 amide bonds. The first-order valence-electron chi connectivity index (χ1n) is 6.03. The average Bonchev–Trinajstić information content (AvgIpc) is 2.08. The molecule has 0 aliphatic rings. The number of aliphatic hydroxyl groups is 1. The molecule has 0 saturated carbocycles. The predicted octanol–water partition coefficient (Wildman–Crippen LogP) is 1.47. The highest BCUT2D eigenvalue weighted by molar-refractivity contribution is 4.71. The van der Waals surface area contributed by atoms with E-state index in [9.17, 15) is 5.11 Å². The van der Waals surface area contributed by atoms with Crippen LogP contribution < -0.4 is 5.32 Å². The zero-order valence-electron chi connectivity index (χ0n) is 11.0. The Hall–Kier alpha value is -0.120.